The van der Waals surface area contributed by atoms with E-state index in [4.69, 9.17) is 0 Å². The van der Waals surface area contributed by atoms with Crippen LogP contribution < -0.4 is 0 Å². The van der Waals surface area contributed by atoms with Crippen LogP contribution in [0.1, 0.15) is 29.9 Å². The summed E-state index contributed by atoms with van der Waals surface area (Å²) in [5.41, 5.74) is 3.62. The third kappa shape index (κ3) is 3.15. The first-order chi connectivity index (χ1) is 10.2. The van der Waals surface area contributed by atoms with E-state index in [9.17, 15) is 4.39 Å². The Hall–Kier alpha value is -2.09. The molecule has 0 amide bonds. The molecule has 1 atom stereocenters. The lowest BCUT2D eigenvalue weighted by molar-refractivity contribution is 0.266. The topological polar surface area (TPSA) is 3.24 Å². The fraction of sp³-hybridized carbons (Fsp3) is 0.263. The monoisotopic (exact) mass is 281 g/mol. The van der Waals surface area contributed by atoms with E-state index in [1.165, 1.54) is 11.1 Å². The highest BCUT2D eigenvalue weighted by molar-refractivity contribution is 5.29. The van der Waals surface area contributed by atoms with Crippen LogP contribution in [0.5, 0.6) is 0 Å². The third-order valence-electron chi connectivity index (χ3n) is 4.22. The second-order valence-corrected chi connectivity index (χ2v) is 5.64. The van der Waals surface area contributed by atoms with E-state index in [2.05, 4.69) is 35.7 Å². The molecule has 3 rings (SSSR count). The van der Waals surface area contributed by atoms with Crippen LogP contribution in [0.3, 0.4) is 0 Å². The predicted octanol–water partition coefficient (Wildman–Crippen LogP) is 4.72. The van der Waals surface area contributed by atoms with Crippen LogP contribution in [0.25, 0.3) is 0 Å². The van der Waals surface area contributed by atoms with E-state index in [0.717, 1.165) is 31.6 Å². The van der Waals surface area contributed by atoms with Gasteiger partial charge in [-0.2, -0.15) is 0 Å². The van der Waals surface area contributed by atoms with Crippen LogP contribution in [-0.4, -0.2) is 11.4 Å². The van der Waals surface area contributed by atoms with Gasteiger partial charge in [-0.15, -0.1) is 0 Å². The Labute approximate surface area is 125 Å². The minimum absolute atomic E-state index is 0.179. The first-order valence-electron chi connectivity index (χ1n) is 7.47. The normalized spacial score (nSPS) is 18.8. The van der Waals surface area contributed by atoms with Gasteiger partial charge in [0.15, 0.2) is 0 Å². The third-order valence-corrected chi connectivity index (χ3v) is 4.22. The maximum atomic E-state index is 13.1. The highest BCUT2D eigenvalue weighted by Gasteiger charge is 2.24. The summed E-state index contributed by atoms with van der Waals surface area (Å²) < 4.78 is 13.1. The van der Waals surface area contributed by atoms with E-state index in [1.54, 1.807) is 12.1 Å². The molecule has 2 heteroatoms. The van der Waals surface area contributed by atoms with Crippen molar-refractivity contribution in [3.63, 3.8) is 0 Å². The highest BCUT2D eigenvalue weighted by Crippen LogP contribution is 2.35. The van der Waals surface area contributed by atoms with Crippen LogP contribution in [-0.2, 0) is 6.54 Å². The molecule has 2 aromatic carbocycles. The van der Waals surface area contributed by atoms with Gasteiger partial charge >= 0.3 is 0 Å². The quantitative estimate of drug-likeness (QED) is 0.787. The molecular formula is C19H20FN. The van der Waals surface area contributed by atoms with E-state index in [1.807, 2.05) is 18.2 Å². The summed E-state index contributed by atoms with van der Waals surface area (Å²) in [6.45, 7) is 6.25. The van der Waals surface area contributed by atoms with E-state index in [0.29, 0.717) is 5.92 Å². The standard InChI is InChI=1S/C19H20FN/c1-15-19(17-9-11-18(20)12-10-17)8-5-13-21(15)14-16-6-3-2-4-7-16/h2-4,6-7,9-12,19H,1,5,8,13-14H2. The Morgan fingerprint density at radius 3 is 2.48 bits per heavy atom. The molecule has 21 heavy (non-hydrogen) atoms. The predicted molar refractivity (Wildman–Crippen MR) is 84.4 cm³/mol. The molecule has 0 aromatic heterocycles. The first kappa shape index (κ1) is 13.9. The Bertz CT molecular complexity index is 603. The van der Waals surface area contributed by atoms with E-state index >= 15 is 0 Å². The van der Waals surface area contributed by atoms with Crippen molar-refractivity contribution in [2.45, 2.75) is 25.3 Å². The number of nitrogens with zero attached hydrogens (tertiary/aromatic N) is 1. The Kier molecular flexibility index (Phi) is 4.05. The van der Waals surface area contributed by atoms with Gasteiger partial charge in [0.2, 0.25) is 0 Å². The van der Waals surface area contributed by atoms with Crippen molar-refractivity contribution in [2.24, 2.45) is 0 Å². The summed E-state index contributed by atoms with van der Waals surface area (Å²) in [7, 11) is 0. The van der Waals surface area contributed by atoms with Gasteiger partial charge in [-0.05, 0) is 36.1 Å². The lowest BCUT2D eigenvalue weighted by atomic mass is 9.87. The average Bonchev–Trinajstić information content (AvgIpc) is 2.52. The molecule has 1 aliphatic rings. The Balaban J connectivity index is 1.76. The lowest BCUT2D eigenvalue weighted by Gasteiger charge is -2.37. The molecular weight excluding hydrogens is 261 g/mol. The van der Waals surface area contributed by atoms with Crippen molar-refractivity contribution >= 4 is 0 Å². The van der Waals surface area contributed by atoms with Crippen molar-refractivity contribution in [2.75, 3.05) is 6.54 Å². The van der Waals surface area contributed by atoms with Gasteiger partial charge in [0.05, 0.1) is 0 Å². The molecule has 0 spiro atoms. The number of hydrogen-bond donors (Lipinski definition) is 0. The largest absolute Gasteiger partial charge is 0.370 e. The number of piperidine rings is 1. The molecule has 1 aliphatic heterocycles. The molecule has 0 bridgehead atoms. The van der Waals surface area contributed by atoms with Crippen LogP contribution >= 0.6 is 0 Å². The number of hydrogen-bond acceptors (Lipinski definition) is 1. The molecule has 1 fully saturated rings. The van der Waals surface area contributed by atoms with Gasteiger partial charge in [-0.25, -0.2) is 4.39 Å². The fourth-order valence-electron chi connectivity index (χ4n) is 3.06. The van der Waals surface area contributed by atoms with Gasteiger partial charge in [0.25, 0.3) is 0 Å². The van der Waals surface area contributed by atoms with E-state index < -0.39 is 0 Å². The fourth-order valence-corrected chi connectivity index (χ4v) is 3.06. The second-order valence-electron chi connectivity index (χ2n) is 5.64. The Morgan fingerprint density at radius 2 is 1.76 bits per heavy atom. The van der Waals surface area contributed by atoms with Gasteiger partial charge in [-0.1, -0.05) is 49.0 Å². The Morgan fingerprint density at radius 1 is 1.05 bits per heavy atom. The minimum atomic E-state index is -0.179. The van der Waals surface area contributed by atoms with Gasteiger partial charge in [0.1, 0.15) is 5.82 Å². The molecule has 1 heterocycles. The molecule has 1 nitrogen and oxygen atoms in total. The van der Waals surface area contributed by atoms with Gasteiger partial charge < -0.3 is 4.90 Å². The second kappa shape index (κ2) is 6.13. The molecule has 108 valence electrons. The summed E-state index contributed by atoms with van der Waals surface area (Å²) in [6, 6.07) is 17.3. The average molecular weight is 281 g/mol. The lowest BCUT2D eigenvalue weighted by Crippen LogP contribution is -2.31. The smallest absolute Gasteiger partial charge is 0.123 e. The maximum absolute atomic E-state index is 13.1. The molecule has 2 aromatic rings. The number of benzene rings is 2. The first-order valence-corrected chi connectivity index (χ1v) is 7.47. The number of rotatable bonds is 3. The summed E-state index contributed by atoms with van der Waals surface area (Å²) in [4.78, 5) is 2.35. The molecule has 1 saturated heterocycles. The maximum Gasteiger partial charge on any atom is 0.123 e. The SMILES string of the molecule is C=C1C(c2ccc(F)cc2)CCCN1Cc1ccccc1. The van der Waals surface area contributed by atoms with Crippen LogP contribution in [0.4, 0.5) is 4.39 Å². The van der Waals surface area contributed by atoms with Crippen LogP contribution in [0.15, 0.2) is 66.9 Å². The number of allylic oxidation sites excluding steroid dienone is 1. The van der Waals surface area contributed by atoms with Crippen LogP contribution in [0.2, 0.25) is 0 Å². The van der Waals surface area contributed by atoms with Crippen molar-refractivity contribution < 1.29 is 4.39 Å². The zero-order chi connectivity index (χ0) is 14.7. The summed E-state index contributed by atoms with van der Waals surface area (Å²) in [5.74, 6) is 0.129. The number of halogens is 1. The van der Waals surface area contributed by atoms with Crippen LogP contribution in [0, 0.1) is 5.82 Å². The summed E-state index contributed by atoms with van der Waals surface area (Å²) >= 11 is 0. The van der Waals surface area contributed by atoms with E-state index in [-0.39, 0.29) is 5.82 Å². The number of likely N-dealkylation sites (tertiary alicyclic amines) is 1. The van der Waals surface area contributed by atoms with Crippen molar-refractivity contribution in [1.82, 2.24) is 4.90 Å². The highest BCUT2D eigenvalue weighted by atomic mass is 19.1. The summed E-state index contributed by atoms with van der Waals surface area (Å²) in [5, 5.41) is 0. The summed E-state index contributed by atoms with van der Waals surface area (Å²) in [6.07, 6.45) is 2.24. The van der Waals surface area contributed by atoms with Crippen molar-refractivity contribution in [1.29, 1.82) is 0 Å². The molecule has 0 N–H and O–H groups in total. The van der Waals surface area contributed by atoms with Crippen molar-refractivity contribution in [3.05, 3.63) is 83.8 Å². The molecule has 0 radical (unpaired) electrons. The minimum Gasteiger partial charge on any atom is -0.370 e. The van der Waals surface area contributed by atoms with Gasteiger partial charge in [0, 0.05) is 24.7 Å². The molecule has 0 aliphatic carbocycles. The zero-order valence-electron chi connectivity index (χ0n) is 12.1. The van der Waals surface area contributed by atoms with Gasteiger partial charge in [-0.3, -0.25) is 0 Å². The zero-order valence-corrected chi connectivity index (χ0v) is 12.1. The molecule has 0 saturated carbocycles. The molecule has 1 unspecified atom stereocenters. The van der Waals surface area contributed by atoms with Crippen molar-refractivity contribution in [3.8, 4) is 0 Å².